The van der Waals surface area contributed by atoms with E-state index in [1.165, 1.54) is 18.2 Å². The maximum Gasteiger partial charge on any atom is 0.271 e. The van der Waals surface area contributed by atoms with Gasteiger partial charge in [-0.2, -0.15) is 20.9 Å². The fraction of sp³-hybridized carbons (Fsp3) is 0.286. The van der Waals surface area contributed by atoms with Crippen LogP contribution in [0.25, 0.3) is 0 Å². The number of hydrogen-bond donors (Lipinski definition) is 0. The van der Waals surface area contributed by atoms with Crippen LogP contribution in [0.4, 0.5) is 22.7 Å². The predicted molar refractivity (Wildman–Crippen MR) is 115 cm³/mol. The quantitative estimate of drug-likeness (QED) is 0.255. The minimum atomic E-state index is -0.542. The van der Waals surface area contributed by atoms with E-state index in [4.69, 9.17) is 27.4 Å². The van der Waals surface area contributed by atoms with Crippen LogP contribution in [0.5, 0.6) is 0 Å². The number of nitriles is 3. The third-order valence-corrected chi connectivity index (χ3v) is 4.72. The maximum atomic E-state index is 10.8. The molecular formula is C21H18ClN7O2. The van der Waals surface area contributed by atoms with Gasteiger partial charge in [0.05, 0.1) is 46.7 Å². The van der Waals surface area contributed by atoms with Crippen molar-refractivity contribution in [2.45, 2.75) is 31.7 Å². The van der Waals surface area contributed by atoms with Gasteiger partial charge in [0.2, 0.25) is 0 Å². The molecule has 1 atom stereocenters. The molecule has 0 aliphatic carbocycles. The van der Waals surface area contributed by atoms with Gasteiger partial charge in [-0.1, -0.05) is 11.6 Å². The molecule has 2 rings (SSSR count). The number of nitrogens with zero attached hydrogens (tertiary/aromatic N) is 7. The first-order valence-electron chi connectivity index (χ1n) is 9.33. The van der Waals surface area contributed by atoms with E-state index in [-0.39, 0.29) is 29.6 Å². The van der Waals surface area contributed by atoms with Crippen molar-refractivity contribution in [1.82, 2.24) is 0 Å². The number of rotatable bonds is 10. The lowest BCUT2D eigenvalue weighted by atomic mass is 10.1. The second-order valence-electron chi connectivity index (χ2n) is 6.42. The molecule has 0 bridgehead atoms. The van der Waals surface area contributed by atoms with Crippen LogP contribution in [0.3, 0.4) is 0 Å². The van der Waals surface area contributed by atoms with Crippen molar-refractivity contribution in [1.29, 1.82) is 15.8 Å². The Morgan fingerprint density at radius 2 is 1.74 bits per heavy atom. The summed E-state index contributed by atoms with van der Waals surface area (Å²) in [5.74, 6) is 0. The van der Waals surface area contributed by atoms with Gasteiger partial charge in [0.15, 0.2) is 0 Å². The summed E-state index contributed by atoms with van der Waals surface area (Å²) >= 11 is 6.02. The van der Waals surface area contributed by atoms with Crippen LogP contribution in [0, 0.1) is 44.1 Å². The Bertz CT molecular complexity index is 1070. The van der Waals surface area contributed by atoms with Gasteiger partial charge in [-0.15, -0.1) is 5.11 Å². The van der Waals surface area contributed by atoms with E-state index in [2.05, 4.69) is 28.4 Å². The Kier molecular flexibility index (Phi) is 8.91. The van der Waals surface area contributed by atoms with Crippen molar-refractivity contribution in [2.75, 3.05) is 11.4 Å². The summed E-state index contributed by atoms with van der Waals surface area (Å²) in [6.07, 6.45) is 1.37. The Hall–Kier alpha value is -4.00. The summed E-state index contributed by atoms with van der Waals surface area (Å²) in [7, 11) is 0. The first kappa shape index (κ1) is 23.3. The van der Waals surface area contributed by atoms with Gasteiger partial charge in [-0.25, -0.2) is 0 Å². The lowest BCUT2D eigenvalue weighted by molar-refractivity contribution is -0.384. The van der Waals surface area contributed by atoms with Crippen LogP contribution in [0.2, 0.25) is 5.02 Å². The van der Waals surface area contributed by atoms with Crippen LogP contribution >= 0.6 is 11.6 Å². The van der Waals surface area contributed by atoms with Gasteiger partial charge in [-0.3, -0.25) is 10.1 Å². The zero-order valence-electron chi connectivity index (χ0n) is 16.5. The first-order valence-corrected chi connectivity index (χ1v) is 9.71. The second kappa shape index (κ2) is 11.9. The Morgan fingerprint density at radius 1 is 1.03 bits per heavy atom. The molecule has 0 saturated carbocycles. The number of benzene rings is 2. The van der Waals surface area contributed by atoms with Gasteiger partial charge >= 0.3 is 0 Å². The van der Waals surface area contributed by atoms with E-state index >= 15 is 0 Å². The van der Waals surface area contributed by atoms with Gasteiger partial charge in [0.25, 0.3) is 5.69 Å². The molecule has 156 valence electrons. The first-order chi connectivity index (χ1) is 15.0. The molecule has 0 N–H and O–H groups in total. The fourth-order valence-electron chi connectivity index (χ4n) is 2.91. The number of hydrogen-bond acceptors (Lipinski definition) is 8. The van der Waals surface area contributed by atoms with Crippen LogP contribution in [0.15, 0.2) is 52.7 Å². The van der Waals surface area contributed by atoms with Crippen LogP contribution in [-0.4, -0.2) is 17.5 Å². The van der Waals surface area contributed by atoms with E-state index in [1.54, 1.807) is 24.3 Å². The molecular weight excluding hydrogens is 418 g/mol. The molecule has 0 fully saturated rings. The monoisotopic (exact) mass is 435 g/mol. The van der Waals surface area contributed by atoms with Gasteiger partial charge < -0.3 is 4.90 Å². The summed E-state index contributed by atoms with van der Waals surface area (Å²) in [5, 5.41) is 46.1. The van der Waals surface area contributed by atoms with Gasteiger partial charge in [-0.05, 0) is 36.8 Å². The summed E-state index contributed by atoms with van der Waals surface area (Å²) in [4.78, 5) is 12.2. The Labute approximate surface area is 184 Å². The average Bonchev–Trinajstić information content (AvgIpc) is 2.77. The average molecular weight is 436 g/mol. The van der Waals surface area contributed by atoms with Crippen molar-refractivity contribution in [3.8, 4) is 18.2 Å². The number of anilines is 1. The number of nitro groups is 1. The molecule has 0 aliphatic rings. The zero-order valence-corrected chi connectivity index (χ0v) is 17.2. The van der Waals surface area contributed by atoms with E-state index in [0.29, 0.717) is 30.8 Å². The molecule has 0 amide bonds. The Balaban J connectivity index is 2.21. The van der Waals surface area contributed by atoms with Crippen LogP contribution < -0.4 is 4.90 Å². The highest BCUT2D eigenvalue weighted by Gasteiger charge is 2.18. The van der Waals surface area contributed by atoms with Gasteiger partial charge in [0.1, 0.15) is 5.69 Å². The molecule has 10 heteroatoms. The molecule has 0 aliphatic heterocycles. The second-order valence-corrected chi connectivity index (χ2v) is 6.83. The van der Waals surface area contributed by atoms with Crippen molar-refractivity contribution in [3.63, 3.8) is 0 Å². The van der Waals surface area contributed by atoms with E-state index in [9.17, 15) is 10.1 Å². The SMILES string of the molecule is N#CCCC(CC#N)N(CCC#N)c1ccc(N=Nc2ccc([N+](=O)[O-])cc2Cl)cc1. The normalized spacial score (nSPS) is 11.3. The smallest absolute Gasteiger partial charge is 0.271 e. The van der Waals surface area contributed by atoms with Crippen molar-refractivity contribution >= 4 is 34.4 Å². The summed E-state index contributed by atoms with van der Waals surface area (Å²) in [6.45, 7) is 0.438. The predicted octanol–water partition coefficient (Wildman–Crippen LogP) is 5.97. The summed E-state index contributed by atoms with van der Waals surface area (Å²) in [5.41, 5.74) is 1.51. The number of non-ortho nitro benzene ring substituents is 1. The molecule has 2 aromatic rings. The summed E-state index contributed by atoms with van der Waals surface area (Å²) < 4.78 is 0. The molecule has 0 radical (unpaired) electrons. The standard InChI is InChI=1S/C21H18ClN7O2/c22-20-15-19(29(30)31)8-9-21(20)27-26-16-4-6-18(7-5-16)28(14-2-12-24)17(10-13-25)3-1-11-23/h4-9,15,17H,1-3,10,14H2. The molecule has 0 aromatic heterocycles. The molecule has 2 aromatic carbocycles. The molecule has 1 unspecified atom stereocenters. The van der Waals surface area contributed by atoms with Gasteiger partial charge in [0, 0.05) is 36.8 Å². The van der Waals surface area contributed by atoms with Crippen molar-refractivity contribution < 1.29 is 4.92 Å². The lowest BCUT2D eigenvalue weighted by Crippen LogP contribution is -2.36. The topological polar surface area (TPSA) is 142 Å². The van der Waals surface area contributed by atoms with Crippen LogP contribution in [0.1, 0.15) is 25.7 Å². The third-order valence-electron chi connectivity index (χ3n) is 4.42. The highest BCUT2D eigenvalue weighted by molar-refractivity contribution is 6.33. The molecule has 0 saturated heterocycles. The third kappa shape index (κ3) is 6.78. The number of halogens is 1. The minimum absolute atomic E-state index is 0.120. The molecule has 0 spiro atoms. The molecule has 31 heavy (non-hydrogen) atoms. The lowest BCUT2D eigenvalue weighted by Gasteiger charge is -2.31. The highest BCUT2D eigenvalue weighted by atomic mass is 35.5. The Morgan fingerprint density at radius 3 is 2.32 bits per heavy atom. The molecule has 0 heterocycles. The largest absolute Gasteiger partial charge is 0.366 e. The zero-order chi connectivity index (χ0) is 22.6. The highest BCUT2D eigenvalue weighted by Crippen LogP contribution is 2.31. The fourth-order valence-corrected chi connectivity index (χ4v) is 3.12. The molecule has 9 nitrogen and oxygen atoms in total. The van der Waals surface area contributed by atoms with Crippen molar-refractivity contribution in [2.24, 2.45) is 10.2 Å². The van der Waals surface area contributed by atoms with Crippen LogP contribution in [-0.2, 0) is 0 Å². The van der Waals surface area contributed by atoms with E-state index in [0.717, 1.165) is 5.69 Å². The van der Waals surface area contributed by atoms with E-state index < -0.39 is 4.92 Å². The van der Waals surface area contributed by atoms with Crippen molar-refractivity contribution in [3.05, 3.63) is 57.6 Å². The minimum Gasteiger partial charge on any atom is -0.366 e. The number of azo groups is 1. The maximum absolute atomic E-state index is 10.8. The summed E-state index contributed by atoms with van der Waals surface area (Å²) in [6, 6.07) is 17.2. The van der Waals surface area contributed by atoms with E-state index in [1.807, 2.05) is 4.90 Å². The number of nitro benzene ring substituents is 1.